The molecule has 2 N–H and O–H groups in total. The lowest BCUT2D eigenvalue weighted by Gasteiger charge is -2.59. The minimum Gasteiger partial charge on any atom is -0.462 e. The van der Waals surface area contributed by atoms with Gasteiger partial charge in [-0.3, -0.25) is 4.79 Å². The van der Waals surface area contributed by atoms with Crippen LogP contribution in [0.15, 0.2) is 0 Å². The van der Waals surface area contributed by atoms with E-state index in [1.54, 1.807) is 0 Å². The first-order valence-electron chi connectivity index (χ1n) is 9.60. The highest BCUT2D eigenvalue weighted by molar-refractivity contribution is 5.72. The zero-order chi connectivity index (χ0) is 18.2. The first-order chi connectivity index (χ1) is 11.8. The summed E-state index contributed by atoms with van der Waals surface area (Å²) in [6.07, 6.45) is 3.96. The summed E-state index contributed by atoms with van der Waals surface area (Å²) in [4.78, 5) is 23.9. The Morgan fingerprint density at radius 1 is 1.36 bits per heavy atom. The second-order valence-electron chi connectivity index (χ2n) is 8.50. The van der Waals surface area contributed by atoms with Crippen molar-refractivity contribution < 1.29 is 24.2 Å². The number of rotatable bonds is 4. The van der Waals surface area contributed by atoms with Gasteiger partial charge in [-0.2, -0.15) is 0 Å². The lowest BCUT2D eigenvalue weighted by molar-refractivity contribution is -0.175. The van der Waals surface area contributed by atoms with Gasteiger partial charge in [0.25, 0.3) is 0 Å². The van der Waals surface area contributed by atoms with Crippen molar-refractivity contribution in [2.24, 2.45) is 22.7 Å². The SMILES string of the molecule is CCCNC(=O)O[C@@H]1CC[C@]2(C)[C@H](CC[C@H]3OC(=O)C[C@H]32)[C@]1(C)CO. The van der Waals surface area contributed by atoms with E-state index >= 15 is 0 Å². The number of esters is 1. The van der Waals surface area contributed by atoms with Gasteiger partial charge in [0.1, 0.15) is 12.2 Å². The summed E-state index contributed by atoms with van der Waals surface area (Å²) in [6, 6.07) is 0. The van der Waals surface area contributed by atoms with Crippen LogP contribution in [0.5, 0.6) is 0 Å². The Morgan fingerprint density at radius 2 is 2.12 bits per heavy atom. The van der Waals surface area contributed by atoms with Crippen molar-refractivity contribution in [3.8, 4) is 0 Å². The topological polar surface area (TPSA) is 84.9 Å². The molecule has 2 saturated carbocycles. The predicted octanol–water partition coefficient (Wildman–Crippen LogP) is 2.63. The van der Waals surface area contributed by atoms with Crippen LogP contribution in [0.4, 0.5) is 4.79 Å². The molecule has 2 aliphatic carbocycles. The van der Waals surface area contributed by atoms with Crippen LogP contribution in [-0.2, 0) is 14.3 Å². The molecular formula is C19H31NO5. The average molecular weight is 353 g/mol. The smallest absolute Gasteiger partial charge is 0.407 e. The fourth-order valence-corrected chi connectivity index (χ4v) is 5.69. The molecule has 6 atom stereocenters. The molecule has 6 heteroatoms. The van der Waals surface area contributed by atoms with E-state index in [-0.39, 0.29) is 42.0 Å². The second kappa shape index (κ2) is 6.78. The Bertz CT molecular complexity index is 538. The molecule has 3 rings (SSSR count). The summed E-state index contributed by atoms with van der Waals surface area (Å²) in [5.74, 6) is 0.317. The van der Waals surface area contributed by atoms with E-state index in [1.807, 2.05) is 13.8 Å². The van der Waals surface area contributed by atoms with Gasteiger partial charge < -0.3 is 19.9 Å². The number of aliphatic hydroxyl groups excluding tert-OH is 1. The molecule has 6 nitrogen and oxygen atoms in total. The minimum absolute atomic E-state index is 0.0158. The molecule has 3 aliphatic rings. The molecule has 0 unspecified atom stereocenters. The monoisotopic (exact) mass is 353 g/mol. The van der Waals surface area contributed by atoms with E-state index in [0.717, 1.165) is 25.7 Å². The molecule has 0 radical (unpaired) electrons. The van der Waals surface area contributed by atoms with Crippen LogP contribution in [0.1, 0.15) is 59.3 Å². The molecule has 1 heterocycles. The Hall–Kier alpha value is -1.30. The van der Waals surface area contributed by atoms with Crippen molar-refractivity contribution >= 4 is 12.1 Å². The largest absolute Gasteiger partial charge is 0.462 e. The Labute approximate surface area is 149 Å². The minimum atomic E-state index is -0.493. The average Bonchev–Trinajstić information content (AvgIpc) is 2.97. The standard InChI is InChI=1S/C19H31NO5/c1-4-9-20-17(23)25-15-7-8-18(2)12-10-16(22)24-13(12)5-6-14(18)19(15,3)11-21/h12-15,21H,4-11H2,1-3H3,(H,20,23)/t12-,13-,14+,15-,18+,19+/m1/s1. The third kappa shape index (κ3) is 3.03. The zero-order valence-electron chi connectivity index (χ0n) is 15.5. The number of alkyl carbamates (subject to hydrolysis) is 1. The number of fused-ring (bicyclic) bond motifs is 3. The second-order valence-corrected chi connectivity index (χ2v) is 8.50. The fraction of sp³-hybridized carbons (Fsp3) is 0.895. The molecule has 0 aromatic carbocycles. The molecule has 3 fully saturated rings. The molecule has 1 aliphatic heterocycles. The Kier molecular flexibility index (Phi) is 5.02. The Balaban J connectivity index is 1.80. The fourth-order valence-electron chi connectivity index (χ4n) is 5.69. The van der Waals surface area contributed by atoms with Crippen LogP contribution in [-0.4, -0.2) is 42.5 Å². The first kappa shape index (κ1) is 18.5. The van der Waals surface area contributed by atoms with E-state index < -0.39 is 11.5 Å². The normalized spacial score (nSPS) is 43.0. The number of nitrogens with one attached hydrogen (secondary N) is 1. The lowest BCUT2D eigenvalue weighted by Crippen LogP contribution is -2.60. The van der Waals surface area contributed by atoms with E-state index in [0.29, 0.717) is 19.4 Å². The summed E-state index contributed by atoms with van der Waals surface area (Å²) in [7, 11) is 0. The summed E-state index contributed by atoms with van der Waals surface area (Å²) in [5.41, 5.74) is -0.556. The zero-order valence-corrected chi connectivity index (χ0v) is 15.5. The number of hydrogen-bond donors (Lipinski definition) is 2. The maximum absolute atomic E-state index is 12.1. The van der Waals surface area contributed by atoms with E-state index in [9.17, 15) is 14.7 Å². The first-order valence-corrected chi connectivity index (χ1v) is 9.60. The molecule has 1 amide bonds. The molecule has 1 saturated heterocycles. The summed E-state index contributed by atoms with van der Waals surface area (Å²) >= 11 is 0. The number of carbonyl (C=O) groups is 2. The van der Waals surface area contributed by atoms with Gasteiger partial charge in [-0.25, -0.2) is 4.79 Å². The van der Waals surface area contributed by atoms with Gasteiger partial charge in [0, 0.05) is 17.9 Å². The summed E-state index contributed by atoms with van der Waals surface area (Å²) in [6.45, 7) is 6.83. The van der Waals surface area contributed by atoms with Crippen molar-refractivity contribution in [3.63, 3.8) is 0 Å². The van der Waals surface area contributed by atoms with Crippen molar-refractivity contribution in [1.82, 2.24) is 5.32 Å². The molecular weight excluding hydrogens is 322 g/mol. The summed E-state index contributed by atoms with van der Waals surface area (Å²) in [5, 5.41) is 13.0. The van der Waals surface area contributed by atoms with E-state index in [1.165, 1.54) is 0 Å². The molecule has 142 valence electrons. The lowest BCUT2D eigenvalue weighted by atomic mass is 9.46. The van der Waals surface area contributed by atoms with Crippen molar-refractivity contribution in [2.75, 3.05) is 13.2 Å². The van der Waals surface area contributed by atoms with Crippen LogP contribution >= 0.6 is 0 Å². The highest BCUT2D eigenvalue weighted by Gasteiger charge is 2.62. The molecule has 0 aromatic rings. The van der Waals surface area contributed by atoms with E-state index in [4.69, 9.17) is 9.47 Å². The number of aliphatic hydroxyl groups is 1. The molecule has 0 spiro atoms. The number of ether oxygens (including phenoxy) is 2. The van der Waals surface area contributed by atoms with Gasteiger partial charge in [-0.15, -0.1) is 0 Å². The van der Waals surface area contributed by atoms with Crippen molar-refractivity contribution in [2.45, 2.75) is 71.5 Å². The maximum Gasteiger partial charge on any atom is 0.407 e. The third-order valence-corrected chi connectivity index (χ3v) is 7.09. The van der Waals surface area contributed by atoms with Crippen molar-refractivity contribution in [3.05, 3.63) is 0 Å². The van der Waals surface area contributed by atoms with Crippen LogP contribution < -0.4 is 5.32 Å². The maximum atomic E-state index is 12.1. The molecule has 0 aromatic heterocycles. The van der Waals surface area contributed by atoms with Gasteiger partial charge in [-0.05, 0) is 43.4 Å². The van der Waals surface area contributed by atoms with Gasteiger partial charge in [0.15, 0.2) is 0 Å². The predicted molar refractivity (Wildman–Crippen MR) is 91.8 cm³/mol. The van der Waals surface area contributed by atoms with E-state index in [2.05, 4.69) is 12.2 Å². The van der Waals surface area contributed by atoms with Gasteiger partial charge in [-0.1, -0.05) is 20.8 Å². The molecule has 0 bridgehead atoms. The highest BCUT2D eigenvalue weighted by Crippen LogP contribution is 2.62. The quantitative estimate of drug-likeness (QED) is 0.759. The van der Waals surface area contributed by atoms with Crippen LogP contribution in [0.2, 0.25) is 0 Å². The van der Waals surface area contributed by atoms with Gasteiger partial charge >= 0.3 is 12.1 Å². The van der Waals surface area contributed by atoms with Gasteiger partial charge in [0.2, 0.25) is 0 Å². The Morgan fingerprint density at radius 3 is 2.80 bits per heavy atom. The van der Waals surface area contributed by atoms with Crippen molar-refractivity contribution in [1.29, 1.82) is 0 Å². The van der Waals surface area contributed by atoms with Gasteiger partial charge in [0.05, 0.1) is 13.0 Å². The van der Waals surface area contributed by atoms with Crippen LogP contribution in [0, 0.1) is 22.7 Å². The number of amides is 1. The number of hydrogen-bond acceptors (Lipinski definition) is 5. The summed E-state index contributed by atoms with van der Waals surface area (Å²) < 4.78 is 11.2. The highest BCUT2D eigenvalue weighted by atomic mass is 16.6. The molecule has 25 heavy (non-hydrogen) atoms. The van der Waals surface area contributed by atoms with Crippen LogP contribution in [0.3, 0.4) is 0 Å². The number of carbonyl (C=O) groups excluding carboxylic acids is 2. The third-order valence-electron chi connectivity index (χ3n) is 7.09. The van der Waals surface area contributed by atoms with Crippen LogP contribution in [0.25, 0.3) is 0 Å².